The standard InChI is InChI=1S/C12H24N4O/c1-5-15(3)10-11(17-4)9-14-12-13-7-8-16(12)6-2/h7-8,11H,5-6,9-10H2,1-4H3,(H,13,14). The van der Waals surface area contributed by atoms with Crippen molar-refractivity contribution in [2.45, 2.75) is 26.5 Å². The Morgan fingerprint density at radius 1 is 1.53 bits per heavy atom. The quantitative estimate of drug-likeness (QED) is 0.743. The first-order valence-corrected chi connectivity index (χ1v) is 6.17. The SMILES string of the molecule is CCN(C)CC(CNc1nccn1CC)OC. The van der Waals surface area contributed by atoms with E-state index in [1.807, 2.05) is 12.4 Å². The molecule has 0 fully saturated rings. The number of nitrogens with one attached hydrogen (secondary N) is 1. The van der Waals surface area contributed by atoms with Gasteiger partial charge in [-0.2, -0.15) is 0 Å². The predicted molar refractivity (Wildman–Crippen MR) is 70.4 cm³/mol. The van der Waals surface area contributed by atoms with Crippen LogP contribution in [0.2, 0.25) is 0 Å². The van der Waals surface area contributed by atoms with Crippen LogP contribution in [0, 0.1) is 0 Å². The van der Waals surface area contributed by atoms with Crippen LogP contribution in [0.25, 0.3) is 0 Å². The summed E-state index contributed by atoms with van der Waals surface area (Å²) in [7, 11) is 3.85. The van der Waals surface area contributed by atoms with Gasteiger partial charge >= 0.3 is 0 Å². The molecule has 0 saturated heterocycles. The number of anilines is 1. The molecule has 1 atom stereocenters. The molecule has 1 rings (SSSR count). The van der Waals surface area contributed by atoms with Gasteiger partial charge in [-0.15, -0.1) is 0 Å². The molecule has 0 aliphatic carbocycles. The number of imidazole rings is 1. The van der Waals surface area contributed by atoms with Crippen molar-refractivity contribution in [3.8, 4) is 0 Å². The van der Waals surface area contributed by atoms with Crippen LogP contribution in [-0.2, 0) is 11.3 Å². The van der Waals surface area contributed by atoms with E-state index in [1.54, 1.807) is 7.11 Å². The summed E-state index contributed by atoms with van der Waals surface area (Å²) in [6, 6.07) is 0. The molecule has 0 bridgehead atoms. The Hall–Kier alpha value is -1.07. The van der Waals surface area contributed by atoms with Crippen molar-refractivity contribution in [2.24, 2.45) is 0 Å². The van der Waals surface area contributed by atoms with Gasteiger partial charge in [0.25, 0.3) is 0 Å². The van der Waals surface area contributed by atoms with E-state index in [4.69, 9.17) is 4.74 Å². The molecule has 1 unspecified atom stereocenters. The highest BCUT2D eigenvalue weighted by molar-refractivity contribution is 5.25. The molecule has 5 nitrogen and oxygen atoms in total. The smallest absolute Gasteiger partial charge is 0.202 e. The molecule has 5 heteroatoms. The average molecular weight is 240 g/mol. The maximum Gasteiger partial charge on any atom is 0.202 e. The zero-order valence-electron chi connectivity index (χ0n) is 11.3. The molecule has 1 aromatic heterocycles. The Morgan fingerprint density at radius 3 is 2.88 bits per heavy atom. The number of aromatic nitrogens is 2. The number of nitrogens with zero attached hydrogens (tertiary/aromatic N) is 3. The fourth-order valence-corrected chi connectivity index (χ4v) is 1.64. The summed E-state index contributed by atoms with van der Waals surface area (Å²) in [6.45, 7) is 7.90. The van der Waals surface area contributed by atoms with E-state index in [-0.39, 0.29) is 6.10 Å². The highest BCUT2D eigenvalue weighted by Crippen LogP contribution is 2.04. The van der Waals surface area contributed by atoms with Gasteiger partial charge in [0.15, 0.2) is 0 Å². The molecular weight excluding hydrogens is 216 g/mol. The highest BCUT2D eigenvalue weighted by atomic mass is 16.5. The first-order valence-electron chi connectivity index (χ1n) is 6.17. The minimum absolute atomic E-state index is 0.182. The van der Waals surface area contributed by atoms with Crippen LogP contribution in [0.4, 0.5) is 5.95 Å². The Morgan fingerprint density at radius 2 is 2.29 bits per heavy atom. The molecule has 0 aromatic carbocycles. The fraction of sp³-hybridized carbons (Fsp3) is 0.750. The van der Waals surface area contributed by atoms with Gasteiger partial charge in [0.1, 0.15) is 0 Å². The molecule has 0 amide bonds. The summed E-state index contributed by atoms with van der Waals surface area (Å²) in [5, 5.41) is 3.32. The lowest BCUT2D eigenvalue weighted by Crippen LogP contribution is -2.35. The Labute approximate surface area is 104 Å². The van der Waals surface area contributed by atoms with Crippen molar-refractivity contribution >= 4 is 5.95 Å². The zero-order valence-corrected chi connectivity index (χ0v) is 11.3. The van der Waals surface area contributed by atoms with E-state index in [0.29, 0.717) is 0 Å². The Bertz CT molecular complexity index is 313. The van der Waals surface area contributed by atoms with Crippen molar-refractivity contribution in [3.05, 3.63) is 12.4 Å². The molecule has 17 heavy (non-hydrogen) atoms. The zero-order chi connectivity index (χ0) is 12.7. The number of hydrogen-bond acceptors (Lipinski definition) is 4. The van der Waals surface area contributed by atoms with Gasteiger partial charge in [0, 0.05) is 39.1 Å². The average Bonchev–Trinajstić information content (AvgIpc) is 2.81. The van der Waals surface area contributed by atoms with Crippen LogP contribution in [0.5, 0.6) is 0 Å². The van der Waals surface area contributed by atoms with E-state index in [9.17, 15) is 0 Å². The van der Waals surface area contributed by atoms with Gasteiger partial charge < -0.3 is 19.5 Å². The van der Waals surface area contributed by atoms with Gasteiger partial charge in [-0.05, 0) is 20.5 Å². The summed E-state index contributed by atoms with van der Waals surface area (Å²) in [5.74, 6) is 0.911. The Balaban J connectivity index is 2.42. The third kappa shape index (κ3) is 4.36. The third-order valence-corrected chi connectivity index (χ3v) is 2.93. The molecule has 1 heterocycles. The van der Waals surface area contributed by atoms with E-state index in [0.717, 1.165) is 32.1 Å². The number of likely N-dealkylation sites (N-methyl/N-ethyl adjacent to an activating group) is 1. The predicted octanol–water partition coefficient (Wildman–Crippen LogP) is 1.28. The number of rotatable bonds is 8. The lowest BCUT2D eigenvalue weighted by molar-refractivity contribution is 0.0826. The van der Waals surface area contributed by atoms with Crippen molar-refractivity contribution in [1.29, 1.82) is 0 Å². The van der Waals surface area contributed by atoms with Crippen LogP contribution in [0.3, 0.4) is 0 Å². The second kappa shape index (κ2) is 7.29. The van der Waals surface area contributed by atoms with Crippen molar-refractivity contribution < 1.29 is 4.74 Å². The van der Waals surface area contributed by atoms with Gasteiger partial charge in [-0.25, -0.2) is 4.98 Å². The van der Waals surface area contributed by atoms with Crippen LogP contribution in [0.1, 0.15) is 13.8 Å². The van der Waals surface area contributed by atoms with Gasteiger partial charge in [0.2, 0.25) is 5.95 Å². The second-order valence-corrected chi connectivity index (χ2v) is 4.13. The van der Waals surface area contributed by atoms with Crippen LogP contribution in [-0.4, -0.2) is 54.3 Å². The normalized spacial score (nSPS) is 13.0. The molecule has 98 valence electrons. The number of methoxy groups -OCH3 is 1. The summed E-state index contributed by atoms with van der Waals surface area (Å²) in [5.41, 5.74) is 0. The van der Waals surface area contributed by atoms with Gasteiger partial charge in [0.05, 0.1) is 6.10 Å². The number of hydrogen-bond donors (Lipinski definition) is 1. The topological polar surface area (TPSA) is 42.3 Å². The monoisotopic (exact) mass is 240 g/mol. The van der Waals surface area contributed by atoms with Crippen molar-refractivity contribution in [3.63, 3.8) is 0 Å². The van der Waals surface area contributed by atoms with Crippen LogP contribution in [0.15, 0.2) is 12.4 Å². The largest absolute Gasteiger partial charge is 0.378 e. The van der Waals surface area contributed by atoms with E-state index < -0.39 is 0 Å². The van der Waals surface area contributed by atoms with Crippen molar-refractivity contribution in [1.82, 2.24) is 14.5 Å². The van der Waals surface area contributed by atoms with Crippen LogP contribution >= 0.6 is 0 Å². The summed E-state index contributed by atoms with van der Waals surface area (Å²) >= 11 is 0. The maximum atomic E-state index is 5.45. The van der Waals surface area contributed by atoms with E-state index in [2.05, 4.69) is 40.7 Å². The molecule has 1 N–H and O–H groups in total. The molecule has 0 radical (unpaired) electrons. The number of ether oxygens (including phenoxy) is 1. The summed E-state index contributed by atoms with van der Waals surface area (Å²) < 4.78 is 7.53. The minimum atomic E-state index is 0.182. The molecular formula is C12H24N4O. The first-order chi connectivity index (χ1) is 8.21. The minimum Gasteiger partial charge on any atom is -0.378 e. The fourth-order valence-electron chi connectivity index (χ4n) is 1.64. The Kier molecular flexibility index (Phi) is 6.00. The van der Waals surface area contributed by atoms with Gasteiger partial charge in [-0.1, -0.05) is 6.92 Å². The second-order valence-electron chi connectivity index (χ2n) is 4.13. The summed E-state index contributed by atoms with van der Waals surface area (Å²) in [4.78, 5) is 6.51. The first kappa shape index (κ1) is 14.0. The third-order valence-electron chi connectivity index (χ3n) is 2.93. The van der Waals surface area contributed by atoms with E-state index in [1.165, 1.54) is 0 Å². The molecule has 0 aliphatic heterocycles. The lowest BCUT2D eigenvalue weighted by atomic mass is 10.3. The summed E-state index contributed by atoms with van der Waals surface area (Å²) in [6.07, 6.45) is 3.97. The van der Waals surface area contributed by atoms with Crippen molar-refractivity contribution in [2.75, 3.05) is 39.1 Å². The lowest BCUT2D eigenvalue weighted by Gasteiger charge is -2.22. The molecule has 0 saturated carbocycles. The molecule has 0 spiro atoms. The molecule has 0 aliphatic rings. The highest BCUT2D eigenvalue weighted by Gasteiger charge is 2.10. The number of aryl methyl sites for hydroxylation is 1. The van der Waals surface area contributed by atoms with E-state index >= 15 is 0 Å². The van der Waals surface area contributed by atoms with Crippen LogP contribution < -0.4 is 5.32 Å². The maximum absolute atomic E-state index is 5.45. The molecule has 1 aromatic rings. The van der Waals surface area contributed by atoms with Gasteiger partial charge in [-0.3, -0.25) is 0 Å².